The first-order valence-corrected chi connectivity index (χ1v) is 13.0. The minimum atomic E-state index is -0.475. The van der Waals surface area contributed by atoms with Crippen molar-refractivity contribution in [2.45, 2.75) is 13.8 Å². The van der Waals surface area contributed by atoms with Crippen LogP contribution in [0.1, 0.15) is 21.6 Å². The smallest absolute Gasteiger partial charge is 0.284 e. The highest BCUT2D eigenvalue weighted by Crippen LogP contribution is 2.37. The van der Waals surface area contributed by atoms with Crippen molar-refractivity contribution in [1.29, 1.82) is 0 Å². The van der Waals surface area contributed by atoms with E-state index in [1.165, 1.54) is 4.68 Å². The summed E-state index contributed by atoms with van der Waals surface area (Å²) < 4.78 is 14.0. The quantitative estimate of drug-likeness (QED) is 0.282. The molecule has 0 fully saturated rings. The Morgan fingerprint density at radius 3 is 2.15 bits per heavy atom. The van der Waals surface area contributed by atoms with E-state index < -0.39 is 5.91 Å². The number of ether oxygens (including phenoxy) is 2. The molecule has 5 aromatic rings. The van der Waals surface area contributed by atoms with Gasteiger partial charge in [0.05, 0.1) is 25.6 Å². The SMILES string of the molecule is COc1cc(OC)cc(-c2cnc(N)c(-c3ccc(NC(=O)c4c(C)n(C)n(-c5ccccc5)c4=O)cc3)c2C)c1. The van der Waals surface area contributed by atoms with Gasteiger partial charge in [0.2, 0.25) is 0 Å². The standard InChI is InChI=1S/C32H31N5O4/c1-19-27(22-15-25(40-4)17-26(16-22)41-5)18-34-30(33)28(19)21-11-13-23(14-12-21)35-31(38)29-20(2)36(3)37(32(29)39)24-9-7-6-8-10-24/h6-18H,1-5H3,(H2,33,34)(H,35,38). The highest BCUT2D eigenvalue weighted by Gasteiger charge is 2.22. The molecule has 0 saturated carbocycles. The molecule has 208 valence electrons. The summed E-state index contributed by atoms with van der Waals surface area (Å²) in [7, 11) is 4.97. The third-order valence-corrected chi connectivity index (χ3v) is 7.24. The van der Waals surface area contributed by atoms with Crippen molar-refractivity contribution in [1.82, 2.24) is 14.3 Å². The molecule has 0 unspecified atom stereocenters. The van der Waals surface area contributed by atoms with E-state index in [0.29, 0.717) is 34.4 Å². The lowest BCUT2D eigenvalue weighted by Gasteiger charge is -2.16. The zero-order valence-electron chi connectivity index (χ0n) is 23.6. The third-order valence-electron chi connectivity index (χ3n) is 7.24. The van der Waals surface area contributed by atoms with Crippen LogP contribution in [0.25, 0.3) is 27.9 Å². The number of carbonyl (C=O) groups is 1. The summed E-state index contributed by atoms with van der Waals surface area (Å²) in [6.07, 6.45) is 1.74. The van der Waals surface area contributed by atoms with E-state index in [2.05, 4.69) is 10.3 Å². The lowest BCUT2D eigenvalue weighted by Crippen LogP contribution is -2.25. The highest BCUT2D eigenvalue weighted by molar-refractivity contribution is 6.05. The molecule has 0 radical (unpaired) electrons. The van der Waals surface area contributed by atoms with Gasteiger partial charge < -0.3 is 20.5 Å². The van der Waals surface area contributed by atoms with E-state index in [1.54, 1.807) is 51.2 Å². The Morgan fingerprint density at radius 1 is 0.902 bits per heavy atom. The fourth-order valence-electron chi connectivity index (χ4n) is 4.98. The molecule has 9 heteroatoms. The van der Waals surface area contributed by atoms with Gasteiger partial charge in [-0.1, -0.05) is 30.3 Å². The monoisotopic (exact) mass is 549 g/mol. The first-order chi connectivity index (χ1) is 19.7. The Kier molecular flexibility index (Phi) is 7.35. The van der Waals surface area contributed by atoms with E-state index in [0.717, 1.165) is 27.8 Å². The van der Waals surface area contributed by atoms with Gasteiger partial charge in [0.1, 0.15) is 22.9 Å². The molecular weight excluding hydrogens is 518 g/mol. The number of aromatic nitrogens is 3. The number of nitrogens with two attached hydrogens (primary N) is 1. The predicted molar refractivity (Wildman–Crippen MR) is 161 cm³/mol. The normalized spacial score (nSPS) is 10.9. The summed E-state index contributed by atoms with van der Waals surface area (Å²) >= 11 is 0. The molecule has 2 aromatic heterocycles. The lowest BCUT2D eigenvalue weighted by atomic mass is 9.94. The number of hydrogen-bond acceptors (Lipinski definition) is 6. The number of nitrogens with one attached hydrogen (secondary N) is 1. The number of anilines is 2. The van der Waals surface area contributed by atoms with Crippen LogP contribution >= 0.6 is 0 Å². The molecular formula is C32H31N5O4. The molecule has 41 heavy (non-hydrogen) atoms. The summed E-state index contributed by atoms with van der Waals surface area (Å²) in [6.45, 7) is 3.74. The summed E-state index contributed by atoms with van der Waals surface area (Å²) in [5, 5.41) is 2.86. The van der Waals surface area contributed by atoms with Gasteiger partial charge in [-0.2, -0.15) is 0 Å². The number of amides is 1. The van der Waals surface area contributed by atoms with E-state index in [1.807, 2.05) is 67.6 Å². The number of hydrogen-bond donors (Lipinski definition) is 2. The Morgan fingerprint density at radius 2 is 1.54 bits per heavy atom. The molecule has 0 aliphatic heterocycles. The lowest BCUT2D eigenvalue weighted by molar-refractivity contribution is 0.102. The third kappa shape index (κ3) is 5.05. The number of nitrogen functional groups attached to an aromatic ring is 1. The van der Waals surface area contributed by atoms with Gasteiger partial charge in [0.25, 0.3) is 11.5 Å². The van der Waals surface area contributed by atoms with Crippen molar-refractivity contribution < 1.29 is 14.3 Å². The van der Waals surface area contributed by atoms with Crippen LogP contribution in [-0.2, 0) is 7.05 Å². The van der Waals surface area contributed by atoms with Gasteiger partial charge in [-0.05, 0) is 66.9 Å². The van der Waals surface area contributed by atoms with E-state index >= 15 is 0 Å². The van der Waals surface area contributed by atoms with Gasteiger partial charge in [0, 0.05) is 36.1 Å². The number of carbonyl (C=O) groups excluding carboxylic acids is 1. The van der Waals surface area contributed by atoms with Crippen molar-refractivity contribution in [2.24, 2.45) is 7.05 Å². The number of methoxy groups -OCH3 is 2. The average molecular weight is 550 g/mol. The molecule has 0 aliphatic carbocycles. The minimum Gasteiger partial charge on any atom is -0.497 e. The van der Waals surface area contributed by atoms with E-state index in [-0.39, 0.29) is 11.1 Å². The Labute approximate surface area is 237 Å². The van der Waals surface area contributed by atoms with Crippen LogP contribution in [0.3, 0.4) is 0 Å². The fourth-order valence-corrected chi connectivity index (χ4v) is 4.98. The van der Waals surface area contributed by atoms with E-state index in [4.69, 9.17) is 15.2 Å². The molecule has 2 heterocycles. The van der Waals surface area contributed by atoms with Gasteiger partial charge in [-0.15, -0.1) is 0 Å². The number of para-hydroxylation sites is 1. The summed E-state index contributed by atoms with van der Waals surface area (Å²) in [5.74, 6) is 1.25. The predicted octanol–water partition coefficient (Wildman–Crippen LogP) is 5.37. The first-order valence-electron chi connectivity index (χ1n) is 13.0. The average Bonchev–Trinajstić information content (AvgIpc) is 3.21. The molecule has 5 rings (SSSR count). The summed E-state index contributed by atoms with van der Waals surface area (Å²) in [5.41, 5.74) is 12.2. The first kappa shape index (κ1) is 27.3. The zero-order chi connectivity index (χ0) is 29.3. The molecule has 0 bridgehead atoms. The molecule has 0 aliphatic rings. The summed E-state index contributed by atoms with van der Waals surface area (Å²) in [4.78, 5) is 30.9. The van der Waals surface area contributed by atoms with Crippen LogP contribution in [-0.4, -0.2) is 34.5 Å². The number of nitrogens with zero attached hydrogens (tertiary/aromatic N) is 3. The molecule has 3 N–H and O–H groups in total. The Balaban J connectivity index is 1.45. The van der Waals surface area contributed by atoms with Crippen molar-refractivity contribution in [3.05, 3.63) is 106 Å². The molecule has 1 amide bonds. The molecule has 0 spiro atoms. The summed E-state index contributed by atoms with van der Waals surface area (Å²) in [6, 6.07) is 22.2. The second-order valence-electron chi connectivity index (χ2n) is 9.63. The topological polar surface area (TPSA) is 113 Å². The van der Waals surface area contributed by atoms with Crippen molar-refractivity contribution >= 4 is 17.4 Å². The molecule has 3 aromatic carbocycles. The van der Waals surface area contributed by atoms with Crippen LogP contribution < -0.4 is 26.1 Å². The zero-order valence-corrected chi connectivity index (χ0v) is 23.6. The maximum absolute atomic E-state index is 13.2. The van der Waals surface area contributed by atoms with Crippen molar-refractivity contribution in [3.63, 3.8) is 0 Å². The van der Waals surface area contributed by atoms with Crippen LogP contribution in [0.15, 0.2) is 83.8 Å². The second kappa shape index (κ2) is 11.1. The number of benzene rings is 3. The van der Waals surface area contributed by atoms with Crippen LogP contribution in [0, 0.1) is 13.8 Å². The van der Waals surface area contributed by atoms with Crippen LogP contribution in [0.2, 0.25) is 0 Å². The maximum Gasteiger partial charge on any atom is 0.284 e. The molecule has 9 nitrogen and oxygen atoms in total. The maximum atomic E-state index is 13.2. The van der Waals surface area contributed by atoms with Crippen molar-refractivity contribution in [2.75, 3.05) is 25.3 Å². The largest absolute Gasteiger partial charge is 0.497 e. The molecule has 0 atom stereocenters. The van der Waals surface area contributed by atoms with E-state index in [9.17, 15) is 9.59 Å². The van der Waals surface area contributed by atoms with Crippen molar-refractivity contribution in [3.8, 4) is 39.4 Å². The van der Waals surface area contributed by atoms with Gasteiger partial charge in [0.15, 0.2) is 0 Å². The van der Waals surface area contributed by atoms with Crippen LogP contribution in [0.4, 0.5) is 11.5 Å². The highest BCUT2D eigenvalue weighted by atomic mass is 16.5. The Bertz CT molecular complexity index is 1780. The second-order valence-corrected chi connectivity index (χ2v) is 9.63. The molecule has 0 saturated heterocycles. The fraction of sp³-hybridized carbons (Fsp3) is 0.156. The minimum absolute atomic E-state index is 0.0890. The van der Waals surface area contributed by atoms with Gasteiger partial charge in [-0.25, -0.2) is 9.67 Å². The Hall–Kier alpha value is -5.31. The van der Waals surface area contributed by atoms with Gasteiger partial charge >= 0.3 is 0 Å². The number of rotatable bonds is 7. The van der Waals surface area contributed by atoms with Crippen LogP contribution in [0.5, 0.6) is 11.5 Å². The number of pyridine rings is 1. The van der Waals surface area contributed by atoms with Gasteiger partial charge in [-0.3, -0.25) is 14.3 Å².